The van der Waals surface area contributed by atoms with Gasteiger partial charge in [-0.25, -0.2) is 8.78 Å². The zero-order valence-electron chi connectivity index (χ0n) is 18.2. The van der Waals surface area contributed by atoms with Crippen LogP contribution in [0.25, 0.3) is 10.4 Å². The highest BCUT2D eigenvalue weighted by Crippen LogP contribution is 2.40. The number of alkyl halides is 1. The first-order chi connectivity index (χ1) is 15.8. The van der Waals surface area contributed by atoms with E-state index in [1.54, 1.807) is 23.5 Å². The molecule has 33 heavy (non-hydrogen) atoms. The number of hydrogen-bond acceptors (Lipinski definition) is 6. The number of thiophene rings is 1. The maximum Gasteiger partial charge on any atom is 0.157 e. The van der Waals surface area contributed by atoms with Gasteiger partial charge in [0.25, 0.3) is 0 Å². The molecule has 1 aliphatic heterocycles. The van der Waals surface area contributed by atoms with E-state index in [0.29, 0.717) is 17.7 Å². The highest BCUT2D eigenvalue weighted by molar-refractivity contribution is 7.15. The van der Waals surface area contributed by atoms with Crippen molar-refractivity contribution in [3.8, 4) is 16.2 Å². The lowest BCUT2D eigenvalue weighted by Crippen LogP contribution is -2.53. The normalized spacial score (nSPS) is 25.2. The van der Waals surface area contributed by atoms with Crippen LogP contribution >= 0.6 is 11.3 Å². The molecule has 0 radical (unpaired) electrons. The highest BCUT2D eigenvalue weighted by Gasteiger charge is 2.46. The molecule has 1 aliphatic rings. The average Bonchev–Trinajstić information content (AvgIpc) is 3.28. The molecule has 0 bridgehead atoms. The second kappa shape index (κ2) is 9.87. The monoisotopic (exact) mass is 476 g/mol. The number of ether oxygens (including phenoxy) is 2. The lowest BCUT2D eigenvalue weighted by molar-refractivity contribution is -0.214. The van der Waals surface area contributed by atoms with E-state index in [2.05, 4.69) is 0 Å². The van der Waals surface area contributed by atoms with Crippen LogP contribution in [0.4, 0.5) is 8.78 Å². The summed E-state index contributed by atoms with van der Waals surface area (Å²) < 4.78 is 38.6. The van der Waals surface area contributed by atoms with Gasteiger partial charge in [-0.15, -0.1) is 11.3 Å². The summed E-state index contributed by atoms with van der Waals surface area (Å²) >= 11 is 1.60. The predicted octanol–water partition coefficient (Wildman–Crippen LogP) is 3.95. The molecular weight excluding hydrogens is 450 g/mol. The van der Waals surface area contributed by atoms with Crippen LogP contribution in [-0.2, 0) is 11.2 Å². The molecular formula is C25H26F2O5S. The Balaban J connectivity index is 1.64. The summed E-state index contributed by atoms with van der Waals surface area (Å²) in [4.78, 5) is 2.10. The molecule has 5 atom stereocenters. The third-order valence-electron chi connectivity index (χ3n) is 5.99. The summed E-state index contributed by atoms with van der Waals surface area (Å²) in [6.07, 6.45) is -6.82. The Morgan fingerprint density at radius 1 is 1.06 bits per heavy atom. The second-order valence-corrected chi connectivity index (χ2v) is 9.34. The molecule has 0 amide bonds. The van der Waals surface area contributed by atoms with Gasteiger partial charge in [0.1, 0.15) is 36.0 Å². The number of hydrogen-bond donors (Lipinski definition) is 3. The molecule has 3 aromatic rings. The Hall–Kier alpha value is -2.36. The fraction of sp³-hybridized carbons (Fsp3) is 0.360. The fourth-order valence-electron chi connectivity index (χ4n) is 4.10. The number of methoxy groups -OCH3 is 1. The minimum Gasteiger partial charge on any atom is -0.496 e. The van der Waals surface area contributed by atoms with Crippen molar-refractivity contribution >= 4 is 11.3 Å². The Morgan fingerprint density at radius 2 is 1.79 bits per heavy atom. The van der Waals surface area contributed by atoms with Gasteiger partial charge in [-0.2, -0.15) is 0 Å². The molecule has 1 saturated heterocycles. The van der Waals surface area contributed by atoms with Crippen molar-refractivity contribution in [1.82, 2.24) is 0 Å². The minimum atomic E-state index is -1.90. The first-order valence-corrected chi connectivity index (χ1v) is 11.4. The van der Waals surface area contributed by atoms with E-state index >= 15 is 0 Å². The van der Waals surface area contributed by atoms with Gasteiger partial charge in [-0.3, -0.25) is 0 Å². The topological polar surface area (TPSA) is 79.2 Å². The van der Waals surface area contributed by atoms with E-state index in [1.807, 2.05) is 31.2 Å². The van der Waals surface area contributed by atoms with Gasteiger partial charge in [0.2, 0.25) is 0 Å². The second-order valence-electron chi connectivity index (χ2n) is 8.17. The first kappa shape index (κ1) is 23.8. The third-order valence-corrected chi connectivity index (χ3v) is 7.13. The molecule has 1 fully saturated rings. The summed E-state index contributed by atoms with van der Waals surface area (Å²) in [5.74, 6) is 0.163. The number of aliphatic hydroxyl groups is 3. The summed E-state index contributed by atoms with van der Waals surface area (Å²) in [7, 11) is 1.49. The first-order valence-electron chi connectivity index (χ1n) is 10.6. The van der Waals surface area contributed by atoms with Gasteiger partial charge in [0, 0.05) is 21.7 Å². The number of halogens is 2. The average molecular weight is 477 g/mol. The molecule has 5 nitrogen and oxygen atoms in total. The Bertz CT molecular complexity index is 1100. The minimum absolute atomic E-state index is 0.281. The van der Waals surface area contributed by atoms with Gasteiger partial charge in [-0.05, 0) is 60.0 Å². The van der Waals surface area contributed by atoms with Crippen molar-refractivity contribution in [3.63, 3.8) is 0 Å². The molecule has 2 aromatic carbocycles. The maximum absolute atomic E-state index is 14.2. The van der Waals surface area contributed by atoms with Gasteiger partial charge in [-0.1, -0.05) is 12.1 Å². The fourth-order valence-corrected chi connectivity index (χ4v) is 5.13. The van der Waals surface area contributed by atoms with Crippen molar-refractivity contribution in [2.45, 2.75) is 43.9 Å². The smallest absolute Gasteiger partial charge is 0.157 e. The van der Waals surface area contributed by atoms with E-state index in [1.165, 1.54) is 19.2 Å². The summed E-state index contributed by atoms with van der Waals surface area (Å²) in [5, 5.41) is 30.1. The number of aryl methyl sites for hydroxylation is 1. The Morgan fingerprint density at radius 3 is 2.45 bits per heavy atom. The van der Waals surface area contributed by atoms with Crippen molar-refractivity contribution in [3.05, 3.63) is 75.9 Å². The van der Waals surface area contributed by atoms with Crippen LogP contribution in [0.3, 0.4) is 0 Å². The SMILES string of the molecule is COc1cc(C)c(Cc2ccc(-c3ccc(F)cc3)s2)cc1[C@@H]1O[C@H](CO)[C@H](F)[C@H](O)[C@@H]1O. The molecule has 0 aliphatic carbocycles. The lowest BCUT2D eigenvalue weighted by Gasteiger charge is -2.39. The van der Waals surface area contributed by atoms with Crippen LogP contribution in [0.1, 0.15) is 27.7 Å². The van der Waals surface area contributed by atoms with Crippen molar-refractivity contribution in [2.75, 3.05) is 13.7 Å². The molecule has 176 valence electrons. The Labute approximate surface area is 194 Å². The molecule has 8 heteroatoms. The molecule has 4 rings (SSSR count). The van der Waals surface area contributed by atoms with Crippen LogP contribution in [0.15, 0.2) is 48.5 Å². The number of rotatable bonds is 6. The Kier molecular flexibility index (Phi) is 7.11. The third kappa shape index (κ3) is 4.81. The van der Waals surface area contributed by atoms with E-state index in [9.17, 15) is 24.1 Å². The maximum atomic E-state index is 14.2. The molecule has 1 aromatic heterocycles. The van der Waals surface area contributed by atoms with Gasteiger partial charge in [0.15, 0.2) is 6.17 Å². The van der Waals surface area contributed by atoms with Crippen LogP contribution in [-0.4, -0.2) is 53.5 Å². The summed E-state index contributed by atoms with van der Waals surface area (Å²) in [6, 6.07) is 14.0. The standard InChI is InChI=1S/C25H26F2O5S/c1-13-9-19(31-2)18(25-24(30)23(29)22(27)20(12-28)32-25)11-15(13)10-17-7-8-21(33-17)14-3-5-16(26)6-4-14/h3-9,11,20,22-25,28-30H,10,12H2,1-2H3/t20-,22+,23+,24+,25+/m1/s1. The van der Waals surface area contributed by atoms with Gasteiger partial charge in [0.05, 0.1) is 13.7 Å². The number of aliphatic hydroxyl groups excluding tert-OH is 3. The largest absolute Gasteiger partial charge is 0.496 e. The summed E-state index contributed by atoms with van der Waals surface area (Å²) in [6.45, 7) is 1.32. The molecule has 3 N–H and O–H groups in total. The molecule has 0 spiro atoms. The number of benzene rings is 2. The summed E-state index contributed by atoms with van der Waals surface area (Å²) in [5.41, 5.74) is 3.32. The highest BCUT2D eigenvalue weighted by atomic mass is 32.1. The van der Waals surface area contributed by atoms with Crippen molar-refractivity contribution in [1.29, 1.82) is 0 Å². The van der Waals surface area contributed by atoms with E-state index in [0.717, 1.165) is 26.4 Å². The van der Waals surface area contributed by atoms with Crippen LogP contribution in [0, 0.1) is 12.7 Å². The predicted molar refractivity (Wildman–Crippen MR) is 122 cm³/mol. The molecule has 2 heterocycles. The zero-order valence-corrected chi connectivity index (χ0v) is 19.1. The zero-order chi connectivity index (χ0) is 23.7. The van der Waals surface area contributed by atoms with Crippen LogP contribution in [0.5, 0.6) is 5.75 Å². The molecule has 0 saturated carbocycles. The van der Waals surface area contributed by atoms with Crippen molar-refractivity contribution < 1.29 is 33.6 Å². The lowest BCUT2D eigenvalue weighted by atomic mass is 9.89. The quantitative estimate of drug-likeness (QED) is 0.502. The van der Waals surface area contributed by atoms with E-state index < -0.39 is 37.2 Å². The van der Waals surface area contributed by atoms with E-state index in [4.69, 9.17) is 9.47 Å². The van der Waals surface area contributed by atoms with Crippen LogP contribution < -0.4 is 4.74 Å². The van der Waals surface area contributed by atoms with Crippen molar-refractivity contribution in [2.24, 2.45) is 0 Å². The van der Waals surface area contributed by atoms with E-state index in [-0.39, 0.29) is 5.82 Å². The van der Waals surface area contributed by atoms with Crippen LogP contribution in [0.2, 0.25) is 0 Å². The molecule has 0 unspecified atom stereocenters. The van der Waals surface area contributed by atoms with Gasteiger partial charge < -0.3 is 24.8 Å². The van der Waals surface area contributed by atoms with Gasteiger partial charge >= 0.3 is 0 Å².